The molecular formula is C89H132N8O7P2PdSi2. The molecule has 2 aromatic carbocycles. The van der Waals surface area contributed by atoms with Gasteiger partial charge in [0.2, 0.25) is 0 Å². The van der Waals surface area contributed by atoms with E-state index in [1.165, 1.54) is 23.2 Å². The maximum absolute atomic E-state index is 13.7. The fourth-order valence-corrected chi connectivity index (χ4v) is 42.3. The summed E-state index contributed by atoms with van der Waals surface area (Å²) in [6.07, 6.45) is 18.8. The Morgan fingerprint density at radius 3 is 1.21 bits per heavy atom. The van der Waals surface area contributed by atoms with Gasteiger partial charge in [-0.2, -0.15) is 0 Å². The number of nitrogens with zero attached hydrogens (tertiary/aromatic N) is 5. The Labute approximate surface area is 672 Å². The van der Waals surface area contributed by atoms with E-state index >= 15 is 0 Å². The zero-order valence-electron chi connectivity index (χ0n) is 71.0. The van der Waals surface area contributed by atoms with Crippen molar-refractivity contribution in [2.75, 3.05) is 26.4 Å². The molecule has 0 aliphatic carbocycles. The summed E-state index contributed by atoms with van der Waals surface area (Å²) in [5.74, 6) is -1.54. The number of aromatic nitrogens is 6. The van der Waals surface area contributed by atoms with Crippen LogP contribution in [-0.4, -0.2) is 131 Å². The van der Waals surface area contributed by atoms with Crippen molar-refractivity contribution in [3.63, 3.8) is 0 Å². The molecule has 4 amide bonds. The van der Waals surface area contributed by atoms with Crippen LogP contribution >= 0.6 is 15.8 Å². The molecule has 6 aromatic heterocycles. The van der Waals surface area contributed by atoms with Gasteiger partial charge in [-0.1, -0.05) is 263 Å². The van der Waals surface area contributed by atoms with Gasteiger partial charge in [-0.3, -0.25) is 29.8 Å². The zero-order valence-corrected chi connectivity index (χ0v) is 76.3. The molecule has 8 aromatic rings. The fraction of sp³-hybridized carbons (Fsp3) is 0.528. The van der Waals surface area contributed by atoms with Gasteiger partial charge in [-0.15, -0.1) is 0 Å². The number of pyridine rings is 2. The quantitative estimate of drug-likeness (QED) is 0.0281. The molecule has 0 spiro atoms. The number of rotatable bonds is 18. The number of carbonyl (C=O) groups excluding carboxylic acids is 4. The first-order valence-electron chi connectivity index (χ1n) is 39.1. The number of fused-ring (bicyclic) bond motifs is 2. The molecule has 598 valence electrons. The maximum Gasteiger partial charge on any atom is 0.261 e. The van der Waals surface area contributed by atoms with Gasteiger partial charge in [0.05, 0.1) is 22.3 Å². The van der Waals surface area contributed by atoms with E-state index in [9.17, 15) is 19.2 Å². The number of ether oxygens (including phenoxy) is 1. The number of hydrogen-bond acceptors (Lipinski definition) is 9. The van der Waals surface area contributed by atoms with E-state index in [0.717, 1.165) is 52.8 Å². The summed E-state index contributed by atoms with van der Waals surface area (Å²) in [4.78, 5) is 64.1. The molecule has 20 heteroatoms. The van der Waals surface area contributed by atoms with E-state index < -0.39 is 28.4 Å². The summed E-state index contributed by atoms with van der Waals surface area (Å²) in [6, 6.07) is 32.7. The molecule has 3 aliphatic rings. The minimum atomic E-state index is -2.68. The van der Waals surface area contributed by atoms with Gasteiger partial charge in [0, 0.05) is 136 Å². The number of benzene rings is 2. The predicted molar refractivity (Wildman–Crippen MR) is 463 cm³/mol. The maximum atomic E-state index is 13.7. The van der Waals surface area contributed by atoms with Gasteiger partial charge in [0.25, 0.3) is 31.9 Å². The third-order valence-electron chi connectivity index (χ3n) is 20.4. The topological polar surface area (TPSA) is 187 Å². The first-order chi connectivity index (χ1) is 50.2. The number of nitrogens with one attached hydrogen (secondary N) is 3. The Morgan fingerprint density at radius 1 is 0.495 bits per heavy atom. The van der Waals surface area contributed by atoms with Crippen molar-refractivity contribution in [3.05, 3.63) is 169 Å². The van der Waals surface area contributed by atoms with Gasteiger partial charge in [0.15, 0.2) is 8.24 Å². The first kappa shape index (κ1) is 91.8. The third kappa shape index (κ3) is 21.5. The second-order valence-corrected chi connectivity index (χ2v) is 56.5. The molecule has 9 heterocycles. The molecule has 4 N–H and O–H groups in total. The Balaban J connectivity index is 0.000000266. The predicted octanol–water partition coefficient (Wildman–Crippen LogP) is 20.2. The number of aliphatic hydroxyl groups excluding tert-OH is 1. The van der Waals surface area contributed by atoms with Crippen LogP contribution in [0.25, 0.3) is 44.4 Å². The van der Waals surface area contributed by atoms with Crippen LogP contribution in [0.2, 0.25) is 21.7 Å². The number of aromatic amines is 1. The van der Waals surface area contributed by atoms with Crippen LogP contribution in [0.1, 0.15) is 235 Å². The van der Waals surface area contributed by atoms with Crippen molar-refractivity contribution in [3.8, 4) is 0 Å². The summed E-state index contributed by atoms with van der Waals surface area (Å²) < 4.78 is 18.6. The molecule has 1 saturated heterocycles. The number of imide groups is 2. The number of aryl methyl sites for hydroxylation is 2. The standard InChI is InChI=1S/C43H54N4O3Si2.C18H16N4O3.2C12H27P.C4H8O.Pd/c1-30(2)51(31(3)4,32(5)6)47-26-23-33(28-47)38-39(42(49)45-41(38)48)37-29-46(40-36(37)22-16-24-44-40)25-17-27-50-52(43(7,8)9,34-18-12-10-13-19-34)35-20-14-11-15-21-35;23-8-2-7-22-10-13(12-3-1-5-20-16(12)22)15-14(11-4-6-19-9-11)17(24)21-18(15)25;2*1-10(2,3)13(11(4,5)6)12(7,8)9;1-2-4-5-3-1;/h10-16,18-24,26,28-32H,17,25,27H2,1-9H3,(H,45,48,49);1,3-6,9-10,19,23H,2,7-8H2,(H,21,24,25);2*1-9H3;1-4H2;. The average molecular weight is 1650 g/mol. The molecule has 109 heavy (non-hydrogen) atoms. The number of aliphatic hydroxyl groups is 1. The summed E-state index contributed by atoms with van der Waals surface area (Å²) in [5.41, 5.74) is 7.36. The van der Waals surface area contributed by atoms with Crippen LogP contribution in [0, 0.1) is 0 Å². The molecule has 0 atom stereocenters. The second kappa shape index (κ2) is 37.3. The number of carbonyl (C=O) groups is 4. The Bertz CT molecular complexity index is 4210. The van der Waals surface area contributed by atoms with Crippen molar-refractivity contribution in [2.24, 2.45) is 0 Å². The van der Waals surface area contributed by atoms with Gasteiger partial charge in [-0.05, 0) is 131 Å². The number of amides is 4. The number of hydrogen-bond donors (Lipinski definition) is 4. The summed E-state index contributed by atoms with van der Waals surface area (Å²) >= 11 is 0. The Hall–Kier alpha value is -6.02. The van der Waals surface area contributed by atoms with Gasteiger partial charge in [-0.25, -0.2) is 9.97 Å². The van der Waals surface area contributed by atoms with Crippen LogP contribution in [-0.2, 0) is 61.9 Å². The molecule has 0 radical (unpaired) electrons. The van der Waals surface area contributed by atoms with Crippen LogP contribution < -0.4 is 21.0 Å². The molecular weight excluding hydrogens is 1520 g/mol. The summed E-state index contributed by atoms with van der Waals surface area (Å²) in [7, 11) is -4.69. The molecule has 15 nitrogen and oxygen atoms in total. The van der Waals surface area contributed by atoms with E-state index in [0.29, 0.717) is 107 Å². The molecule has 3 aliphatic heterocycles. The largest absolute Gasteiger partial charge is 0.407 e. The Kier molecular flexibility index (Phi) is 31.4. The van der Waals surface area contributed by atoms with Crippen LogP contribution in [0.3, 0.4) is 0 Å². The normalized spacial score (nSPS) is 15.0. The van der Waals surface area contributed by atoms with E-state index in [4.69, 9.17) is 19.3 Å². The third-order valence-corrected chi connectivity index (χ3v) is 40.3. The van der Waals surface area contributed by atoms with Crippen molar-refractivity contribution in [1.82, 2.24) is 39.0 Å². The fourth-order valence-electron chi connectivity index (χ4n) is 19.1. The van der Waals surface area contributed by atoms with Gasteiger partial charge < -0.3 is 32.6 Å². The minimum Gasteiger partial charge on any atom is -0.407 e. The van der Waals surface area contributed by atoms with E-state index in [-0.39, 0.29) is 59.7 Å². The van der Waals surface area contributed by atoms with Crippen molar-refractivity contribution in [1.29, 1.82) is 0 Å². The SMILES string of the molecule is C1CCOC1.CC(C)(C)P(C(C)(C)C)C(C)(C)C.CC(C)(C)P(C(C)(C)C)C(C)(C)C.CC(C)[Si](C(C)C)(C(C)C)n1ccc(C2=C(c3cn(CCCO[Si](c4ccccc4)(c4ccccc4)C(C)(C)C)c4ncccc34)C(=O)NC2=O)c1.O=C1NC(=O)C(c2cn(CCCO)c3ncccc23)=C1c1cc[nH]c1.[Pd]. The molecule has 11 rings (SSSR count). The van der Waals surface area contributed by atoms with Gasteiger partial charge in [0.1, 0.15) is 11.3 Å². The average Bonchev–Trinajstić information content (AvgIpc) is 1.74. The van der Waals surface area contributed by atoms with Gasteiger partial charge >= 0.3 is 0 Å². The number of H-pyrrole nitrogens is 1. The van der Waals surface area contributed by atoms with E-state index in [2.05, 4.69) is 289 Å². The smallest absolute Gasteiger partial charge is 0.261 e. The summed E-state index contributed by atoms with van der Waals surface area (Å²) in [5, 5.41) is 20.9. The molecule has 0 saturated carbocycles. The van der Waals surface area contributed by atoms with Crippen molar-refractivity contribution >= 4 is 111 Å². The van der Waals surface area contributed by atoms with E-state index in [1.54, 1.807) is 36.9 Å². The monoisotopic (exact) mass is 1650 g/mol. The Morgan fingerprint density at radius 2 is 0.881 bits per heavy atom. The zero-order chi connectivity index (χ0) is 80.5. The minimum absolute atomic E-state index is 0. The first-order valence-corrected chi connectivity index (χ1v) is 45.9. The summed E-state index contributed by atoms with van der Waals surface area (Å²) in [6.45, 7) is 67.6. The molecule has 1 fully saturated rings. The van der Waals surface area contributed by atoms with Crippen molar-refractivity contribution in [2.45, 2.75) is 278 Å². The van der Waals surface area contributed by atoms with Crippen molar-refractivity contribution < 1.29 is 53.9 Å². The van der Waals surface area contributed by atoms with E-state index in [1.807, 2.05) is 41.2 Å². The van der Waals surface area contributed by atoms with Crippen LogP contribution in [0.4, 0.5) is 0 Å². The van der Waals surface area contributed by atoms with Crippen LogP contribution in [0.5, 0.6) is 0 Å². The molecule has 0 unspecified atom stereocenters. The second-order valence-electron chi connectivity index (χ2n) is 37.0. The molecule has 0 bridgehead atoms. The van der Waals surface area contributed by atoms with Crippen LogP contribution in [0.15, 0.2) is 147 Å².